The van der Waals surface area contributed by atoms with E-state index in [9.17, 15) is 14.9 Å². The minimum atomic E-state index is -0.428. The summed E-state index contributed by atoms with van der Waals surface area (Å²) in [6, 6.07) is 6.45. The van der Waals surface area contributed by atoms with Crippen LogP contribution in [0.25, 0.3) is 0 Å². The van der Waals surface area contributed by atoms with Crippen LogP contribution in [0.15, 0.2) is 24.3 Å². The molecule has 1 amide bonds. The van der Waals surface area contributed by atoms with Gasteiger partial charge in [0.1, 0.15) is 5.69 Å². The molecule has 1 aromatic rings. The van der Waals surface area contributed by atoms with E-state index in [1.54, 1.807) is 18.2 Å². The van der Waals surface area contributed by atoms with Crippen molar-refractivity contribution in [1.29, 1.82) is 0 Å². The summed E-state index contributed by atoms with van der Waals surface area (Å²) in [6.45, 7) is 2.10. The number of para-hydroxylation sites is 2. The van der Waals surface area contributed by atoms with Gasteiger partial charge in [0, 0.05) is 19.2 Å². The highest BCUT2D eigenvalue weighted by Gasteiger charge is 2.20. The van der Waals surface area contributed by atoms with E-state index in [2.05, 4.69) is 16.0 Å². The Hall–Kier alpha value is -2.15. The largest absolute Gasteiger partial charge is 0.378 e. The highest BCUT2D eigenvalue weighted by atomic mass is 16.6. The minimum Gasteiger partial charge on any atom is -0.378 e. The predicted octanol–water partition coefficient (Wildman–Crippen LogP) is 1.12. The second-order valence-electron chi connectivity index (χ2n) is 5.13. The SMILES string of the molecule is O=C(CNCC1CC1)NCCNc1ccccc1[N+](=O)[O-]. The van der Waals surface area contributed by atoms with E-state index >= 15 is 0 Å². The Morgan fingerprint density at radius 1 is 1.29 bits per heavy atom. The fourth-order valence-electron chi connectivity index (χ4n) is 1.96. The third kappa shape index (κ3) is 5.39. The lowest BCUT2D eigenvalue weighted by Gasteiger charge is -2.08. The van der Waals surface area contributed by atoms with Gasteiger partial charge in [0.15, 0.2) is 0 Å². The van der Waals surface area contributed by atoms with E-state index in [-0.39, 0.29) is 11.6 Å². The van der Waals surface area contributed by atoms with Gasteiger partial charge in [0.25, 0.3) is 5.69 Å². The third-order valence-corrected chi connectivity index (χ3v) is 3.28. The van der Waals surface area contributed by atoms with Gasteiger partial charge in [-0.3, -0.25) is 14.9 Å². The summed E-state index contributed by atoms with van der Waals surface area (Å²) in [5, 5.41) is 19.7. The Balaban J connectivity index is 1.62. The molecule has 0 atom stereocenters. The first-order chi connectivity index (χ1) is 10.2. The molecule has 0 aliphatic heterocycles. The molecule has 0 spiro atoms. The zero-order valence-corrected chi connectivity index (χ0v) is 11.8. The van der Waals surface area contributed by atoms with Crippen molar-refractivity contribution in [1.82, 2.24) is 10.6 Å². The van der Waals surface area contributed by atoms with Gasteiger partial charge in [-0.2, -0.15) is 0 Å². The molecule has 1 fully saturated rings. The number of nitrogens with zero attached hydrogens (tertiary/aromatic N) is 1. The molecule has 1 aliphatic rings. The van der Waals surface area contributed by atoms with Crippen LogP contribution in [-0.2, 0) is 4.79 Å². The van der Waals surface area contributed by atoms with Crippen molar-refractivity contribution in [2.75, 3.05) is 31.5 Å². The standard InChI is InChI=1S/C14H20N4O3/c19-14(10-15-9-11-5-6-11)17-8-7-16-12-3-1-2-4-13(12)18(20)21/h1-4,11,15-16H,5-10H2,(H,17,19). The van der Waals surface area contributed by atoms with Crippen LogP contribution >= 0.6 is 0 Å². The number of benzene rings is 1. The number of carbonyl (C=O) groups is 1. The summed E-state index contributed by atoms with van der Waals surface area (Å²) in [5.41, 5.74) is 0.499. The Kier molecular flexibility index (Phi) is 5.51. The molecular formula is C14H20N4O3. The van der Waals surface area contributed by atoms with Gasteiger partial charge in [0.05, 0.1) is 11.5 Å². The van der Waals surface area contributed by atoms with Crippen LogP contribution in [0.4, 0.5) is 11.4 Å². The lowest BCUT2D eigenvalue weighted by Crippen LogP contribution is -2.37. The second-order valence-corrected chi connectivity index (χ2v) is 5.13. The molecule has 3 N–H and O–H groups in total. The summed E-state index contributed by atoms with van der Waals surface area (Å²) in [5.74, 6) is 0.693. The molecule has 0 bridgehead atoms. The summed E-state index contributed by atoms with van der Waals surface area (Å²) in [4.78, 5) is 21.9. The average molecular weight is 292 g/mol. The summed E-state index contributed by atoms with van der Waals surface area (Å²) < 4.78 is 0. The van der Waals surface area contributed by atoms with E-state index in [4.69, 9.17) is 0 Å². The monoisotopic (exact) mass is 292 g/mol. The maximum Gasteiger partial charge on any atom is 0.292 e. The van der Waals surface area contributed by atoms with Gasteiger partial charge in [-0.1, -0.05) is 12.1 Å². The molecule has 0 unspecified atom stereocenters. The lowest BCUT2D eigenvalue weighted by molar-refractivity contribution is -0.384. The summed E-state index contributed by atoms with van der Waals surface area (Å²) >= 11 is 0. The number of carbonyl (C=O) groups excluding carboxylic acids is 1. The smallest absolute Gasteiger partial charge is 0.292 e. The summed E-state index contributed by atoms with van der Waals surface area (Å²) in [6.07, 6.45) is 2.52. The molecule has 0 heterocycles. The Labute approximate surface area is 123 Å². The van der Waals surface area contributed by atoms with Crippen LogP contribution in [0.5, 0.6) is 0 Å². The third-order valence-electron chi connectivity index (χ3n) is 3.28. The number of hydrogen-bond donors (Lipinski definition) is 3. The van der Waals surface area contributed by atoms with E-state index in [1.165, 1.54) is 18.9 Å². The van der Waals surface area contributed by atoms with Crippen LogP contribution in [-0.4, -0.2) is 37.0 Å². The number of rotatable bonds is 9. The van der Waals surface area contributed by atoms with Crippen molar-refractivity contribution < 1.29 is 9.72 Å². The first-order valence-corrected chi connectivity index (χ1v) is 7.11. The maximum atomic E-state index is 11.5. The lowest BCUT2D eigenvalue weighted by atomic mass is 10.2. The highest BCUT2D eigenvalue weighted by molar-refractivity contribution is 5.78. The van der Waals surface area contributed by atoms with Crippen molar-refractivity contribution in [2.45, 2.75) is 12.8 Å². The van der Waals surface area contributed by atoms with Crippen molar-refractivity contribution in [3.8, 4) is 0 Å². The Bertz CT molecular complexity index is 503. The number of nitrogens with one attached hydrogen (secondary N) is 3. The summed E-state index contributed by atoms with van der Waals surface area (Å²) in [7, 11) is 0. The second kappa shape index (κ2) is 7.58. The molecule has 114 valence electrons. The molecule has 0 saturated heterocycles. The van der Waals surface area contributed by atoms with Crippen molar-refractivity contribution in [2.24, 2.45) is 5.92 Å². The molecule has 1 aromatic carbocycles. The zero-order chi connectivity index (χ0) is 15.1. The molecule has 1 saturated carbocycles. The van der Waals surface area contributed by atoms with E-state index in [1.807, 2.05) is 0 Å². The van der Waals surface area contributed by atoms with Crippen LogP contribution < -0.4 is 16.0 Å². The fraction of sp³-hybridized carbons (Fsp3) is 0.500. The predicted molar refractivity (Wildman–Crippen MR) is 80.2 cm³/mol. The van der Waals surface area contributed by atoms with E-state index in [0.29, 0.717) is 25.3 Å². The number of nitro benzene ring substituents is 1. The van der Waals surface area contributed by atoms with Crippen molar-refractivity contribution in [3.63, 3.8) is 0 Å². The van der Waals surface area contributed by atoms with Gasteiger partial charge in [-0.15, -0.1) is 0 Å². The fourth-order valence-corrected chi connectivity index (χ4v) is 1.96. The zero-order valence-electron chi connectivity index (χ0n) is 11.8. The minimum absolute atomic E-state index is 0.0370. The molecule has 21 heavy (non-hydrogen) atoms. The topological polar surface area (TPSA) is 96.3 Å². The quantitative estimate of drug-likeness (QED) is 0.360. The molecule has 0 radical (unpaired) electrons. The Morgan fingerprint density at radius 2 is 2.05 bits per heavy atom. The number of hydrogen-bond acceptors (Lipinski definition) is 5. The number of nitro groups is 1. The highest BCUT2D eigenvalue weighted by Crippen LogP contribution is 2.27. The average Bonchev–Trinajstić information content (AvgIpc) is 3.28. The molecule has 2 rings (SSSR count). The molecule has 7 heteroatoms. The van der Waals surface area contributed by atoms with Gasteiger partial charge in [-0.05, 0) is 31.4 Å². The van der Waals surface area contributed by atoms with Crippen LogP contribution in [0.1, 0.15) is 12.8 Å². The van der Waals surface area contributed by atoms with Gasteiger partial charge in [-0.25, -0.2) is 0 Å². The molecule has 0 aromatic heterocycles. The normalized spacial score (nSPS) is 13.7. The first kappa shape index (κ1) is 15.2. The van der Waals surface area contributed by atoms with E-state index in [0.717, 1.165) is 12.5 Å². The Morgan fingerprint density at radius 3 is 2.76 bits per heavy atom. The van der Waals surface area contributed by atoms with Gasteiger partial charge in [0.2, 0.25) is 5.91 Å². The van der Waals surface area contributed by atoms with Crippen molar-refractivity contribution >= 4 is 17.3 Å². The number of anilines is 1. The number of amides is 1. The van der Waals surface area contributed by atoms with Crippen LogP contribution in [0.2, 0.25) is 0 Å². The molecule has 7 nitrogen and oxygen atoms in total. The van der Waals surface area contributed by atoms with Crippen molar-refractivity contribution in [3.05, 3.63) is 34.4 Å². The van der Waals surface area contributed by atoms with E-state index < -0.39 is 4.92 Å². The van der Waals surface area contributed by atoms with Gasteiger partial charge < -0.3 is 16.0 Å². The molecular weight excluding hydrogens is 272 g/mol. The van der Waals surface area contributed by atoms with Crippen LogP contribution in [0.3, 0.4) is 0 Å². The maximum absolute atomic E-state index is 11.5. The van der Waals surface area contributed by atoms with Crippen LogP contribution in [0, 0.1) is 16.0 Å². The molecule has 1 aliphatic carbocycles. The first-order valence-electron chi connectivity index (χ1n) is 7.11. The van der Waals surface area contributed by atoms with Gasteiger partial charge >= 0.3 is 0 Å².